The first-order valence-electron chi connectivity index (χ1n) is 14.7. The van der Waals surface area contributed by atoms with Gasteiger partial charge < -0.3 is 15.7 Å². The number of allylic oxidation sites excluding steroid dienone is 1. The number of nitrogens with zero attached hydrogens (tertiary/aromatic N) is 4. The quantitative estimate of drug-likeness (QED) is 0.126. The van der Waals surface area contributed by atoms with Gasteiger partial charge in [-0.3, -0.25) is 9.20 Å². The number of aliphatic imine (C=N–C) groups is 1. The lowest BCUT2D eigenvalue weighted by Crippen LogP contribution is -2.29. The largest absolute Gasteiger partial charge is 0.512 e. The monoisotopic (exact) mass is 615 g/mol. The summed E-state index contributed by atoms with van der Waals surface area (Å²) in [7, 11) is -3.36. The van der Waals surface area contributed by atoms with Crippen LogP contribution in [-0.2, 0) is 21.1 Å². The summed E-state index contributed by atoms with van der Waals surface area (Å²) in [5, 5.41) is 10.1. The van der Waals surface area contributed by atoms with E-state index in [-0.39, 0.29) is 23.8 Å². The fraction of sp³-hybridized carbons (Fsp3) is 0.324. The first-order chi connectivity index (χ1) is 20.8. The van der Waals surface area contributed by atoms with Crippen molar-refractivity contribution in [1.29, 1.82) is 0 Å². The first kappa shape index (κ1) is 32.6. The van der Waals surface area contributed by atoms with Crippen LogP contribution in [0.2, 0.25) is 0 Å². The lowest BCUT2D eigenvalue weighted by molar-refractivity contribution is -0.117. The molecule has 0 saturated carbocycles. The Labute approximate surface area is 259 Å². The maximum absolute atomic E-state index is 12.8. The van der Waals surface area contributed by atoms with Crippen molar-refractivity contribution in [3.63, 3.8) is 0 Å². The summed E-state index contributed by atoms with van der Waals surface area (Å²) < 4.78 is 27.6. The Kier molecular flexibility index (Phi) is 10.1. The molecule has 4 rings (SSSR count). The zero-order chi connectivity index (χ0) is 32.1. The maximum atomic E-state index is 12.8. The lowest BCUT2D eigenvalue weighted by Gasteiger charge is -2.17. The Morgan fingerprint density at radius 1 is 1.00 bits per heavy atom. The summed E-state index contributed by atoms with van der Waals surface area (Å²) in [6, 6.07) is 18.6. The number of imidazole rings is 1. The maximum Gasteiger partial charge on any atom is 0.252 e. The molecular weight excluding hydrogens is 574 g/mol. The van der Waals surface area contributed by atoms with Crippen LogP contribution in [0.1, 0.15) is 40.2 Å². The van der Waals surface area contributed by atoms with Crippen LogP contribution in [-0.4, -0.2) is 64.9 Å². The van der Waals surface area contributed by atoms with E-state index in [4.69, 9.17) is 5.73 Å². The van der Waals surface area contributed by atoms with Crippen molar-refractivity contribution in [2.45, 2.75) is 45.9 Å². The Morgan fingerprint density at radius 2 is 1.64 bits per heavy atom. The van der Waals surface area contributed by atoms with Crippen molar-refractivity contribution in [3.8, 4) is 22.4 Å². The average molecular weight is 616 g/mol. The number of aliphatic hydroxyl groups is 1. The van der Waals surface area contributed by atoms with Crippen molar-refractivity contribution in [1.82, 2.24) is 14.3 Å². The minimum atomic E-state index is -3.36. The number of carbonyl (C=O) groups excluding carboxylic acids is 1. The molecule has 0 radical (unpaired) electrons. The molecule has 10 heteroatoms. The van der Waals surface area contributed by atoms with E-state index in [2.05, 4.69) is 14.9 Å². The van der Waals surface area contributed by atoms with Gasteiger partial charge in [0, 0.05) is 29.8 Å². The van der Waals surface area contributed by atoms with Gasteiger partial charge in [0.15, 0.2) is 9.84 Å². The number of aliphatic hydroxyl groups excluding tert-OH is 1. The number of rotatable bonds is 11. The van der Waals surface area contributed by atoms with Crippen LogP contribution in [0.4, 0.5) is 0 Å². The van der Waals surface area contributed by atoms with Gasteiger partial charge in [0.05, 0.1) is 29.0 Å². The number of amidine groups is 1. The topological polar surface area (TPSA) is 130 Å². The average Bonchev–Trinajstić information content (AvgIpc) is 3.41. The van der Waals surface area contributed by atoms with Gasteiger partial charge in [-0.15, -0.1) is 0 Å². The molecule has 0 unspecified atom stereocenters. The van der Waals surface area contributed by atoms with Crippen LogP contribution >= 0.6 is 0 Å². The summed E-state index contributed by atoms with van der Waals surface area (Å²) >= 11 is 0. The zero-order valence-electron chi connectivity index (χ0n) is 26.0. The van der Waals surface area contributed by atoms with Gasteiger partial charge in [-0.2, -0.15) is 4.99 Å². The van der Waals surface area contributed by atoms with Crippen LogP contribution in [0.25, 0.3) is 28.0 Å². The van der Waals surface area contributed by atoms with E-state index in [9.17, 15) is 18.3 Å². The van der Waals surface area contributed by atoms with E-state index in [1.54, 1.807) is 18.3 Å². The van der Waals surface area contributed by atoms with Crippen molar-refractivity contribution < 1.29 is 18.3 Å². The normalized spacial score (nSPS) is 13.1. The first-order valence-corrected chi connectivity index (χ1v) is 16.4. The minimum absolute atomic E-state index is 0.0315. The molecule has 3 N–H and O–H groups in total. The number of hydrogen-bond acceptors (Lipinski definition) is 6. The number of aromatic nitrogens is 2. The highest BCUT2D eigenvalue weighted by molar-refractivity contribution is 7.91. The van der Waals surface area contributed by atoms with E-state index >= 15 is 0 Å². The van der Waals surface area contributed by atoms with Gasteiger partial charge in [-0.05, 0) is 54.0 Å². The third-order valence-electron chi connectivity index (χ3n) is 7.54. The van der Waals surface area contributed by atoms with Crippen LogP contribution in [0.5, 0.6) is 0 Å². The smallest absolute Gasteiger partial charge is 0.252 e. The van der Waals surface area contributed by atoms with Gasteiger partial charge >= 0.3 is 0 Å². The Hall–Kier alpha value is -4.28. The molecular formula is C34H41N5O4S. The van der Waals surface area contributed by atoms with Gasteiger partial charge in [0.25, 0.3) is 5.91 Å². The van der Waals surface area contributed by atoms with E-state index in [1.807, 2.05) is 93.7 Å². The summed E-state index contributed by atoms with van der Waals surface area (Å²) in [6.45, 7) is 11.7. The van der Waals surface area contributed by atoms with Gasteiger partial charge in [0.2, 0.25) is 0 Å². The summed E-state index contributed by atoms with van der Waals surface area (Å²) in [6.07, 6.45) is 5.13. The highest BCUT2D eigenvalue weighted by atomic mass is 32.2. The molecule has 0 atom stereocenters. The highest BCUT2D eigenvalue weighted by Crippen LogP contribution is 2.27. The Bertz CT molecular complexity index is 1780. The standard InChI is InChI=1S/C34H41N5O4S/c1-6-38(7-2)18-19-44(42,43)28-14-12-25(13-15-28)27-16-17-39-29(23-36-32(39)21-27)26-10-8-24(9-11-26)20-33(41)37-31(35)22-30(40)34(3,4)5/h8-17,21-23,40H,6-7,18-20H2,1-5H3,(H2,35,37,41)/b30-22-. The molecule has 0 saturated heterocycles. The Balaban J connectivity index is 1.45. The third kappa shape index (κ3) is 8.00. The number of benzene rings is 2. The Morgan fingerprint density at radius 3 is 2.25 bits per heavy atom. The molecule has 0 spiro atoms. The fourth-order valence-corrected chi connectivity index (χ4v) is 5.96. The van der Waals surface area contributed by atoms with Crippen molar-refractivity contribution >= 4 is 27.2 Å². The molecule has 0 aliphatic rings. The van der Waals surface area contributed by atoms with Crippen LogP contribution in [0.3, 0.4) is 0 Å². The van der Waals surface area contributed by atoms with Crippen molar-refractivity contribution in [2.75, 3.05) is 25.4 Å². The van der Waals surface area contributed by atoms with Crippen LogP contribution < -0.4 is 5.73 Å². The van der Waals surface area contributed by atoms with Crippen molar-refractivity contribution in [3.05, 3.63) is 90.5 Å². The van der Waals surface area contributed by atoms with Gasteiger partial charge in [-0.1, -0.05) is 71.0 Å². The molecule has 44 heavy (non-hydrogen) atoms. The second kappa shape index (κ2) is 13.6. The van der Waals surface area contributed by atoms with Crippen LogP contribution in [0.15, 0.2) is 94.8 Å². The molecule has 2 heterocycles. The molecule has 0 bridgehead atoms. The number of amides is 1. The molecule has 232 valence electrons. The molecule has 2 aromatic carbocycles. The van der Waals surface area contributed by atoms with Crippen LogP contribution in [0, 0.1) is 5.41 Å². The second-order valence-electron chi connectivity index (χ2n) is 11.7. The second-order valence-corrected chi connectivity index (χ2v) is 13.9. The van der Waals surface area contributed by atoms with E-state index in [0.29, 0.717) is 11.4 Å². The van der Waals surface area contributed by atoms with Crippen molar-refractivity contribution in [2.24, 2.45) is 16.1 Å². The van der Waals surface area contributed by atoms with E-state index in [1.165, 1.54) is 6.08 Å². The third-order valence-corrected chi connectivity index (χ3v) is 9.25. The summed E-state index contributed by atoms with van der Waals surface area (Å²) in [4.78, 5) is 23.3. The summed E-state index contributed by atoms with van der Waals surface area (Å²) in [5.41, 5.74) is 10.5. The number of pyridine rings is 1. The molecule has 9 nitrogen and oxygen atoms in total. The van der Waals surface area contributed by atoms with Gasteiger partial charge in [-0.25, -0.2) is 13.4 Å². The molecule has 4 aromatic rings. The summed E-state index contributed by atoms with van der Waals surface area (Å²) in [5.74, 6) is -0.282. The predicted molar refractivity (Wildman–Crippen MR) is 176 cm³/mol. The number of nitrogens with two attached hydrogens (primary N) is 1. The molecule has 2 aromatic heterocycles. The lowest BCUT2D eigenvalue weighted by atomic mass is 9.93. The highest BCUT2D eigenvalue weighted by Gasteiger charge is 2.17. The van der Waals surface area contributed by atoms with Gasteiger partial charge in [0.1, 0.15) is 17.2 Å². The molecule has 0 fully saturated rings. The van der Waals surface area contributed by atoms with E-state index in [0.717, 1.165) is 46.7 Å². The predicted octanol–water partition coefficient (Wildman–Crippen LogP) is 5.70. The number of sulfone groups is 1. The molecule has 0 aliphatic heterocycles. The SMILES string of the molecule is CCN(CC)CCS(=O)(=O)c1ccc(-c2ccn3c(-c4ccc(CC(=O)N=C(N)/C=C(\O)C(C)(C)C)cc4)cnc3c2)cc1. The zero-order valence-corrected chi connectivity index (χ0v) is 26.8. The minimum Gasteiger partial charge on any atom is -0.512 e. The number of fused-ring (bicyclic) bond motifs is 1. The van der Waals surface area contributed by atoms with E-state index < -0.39 is 21.2 Å². The molecule has 1 amide bonds. The number of carbonyl (C=O) groups is 1. The molecule has 0 aliphatic carbocycles. The fourth-order valence-electron chi connectivity index (χ4n) is 4.68. The number of hydrogen-bond donors (Lipinski definition) is 2.